The second-order valence-electron chi connectivity index (χ2n) is 11.9. The summed E-state index contributed by atoms with van der Waals surface area (Å²) in [6, 6.07) is 28.7. The summed E-state index contributed by atoms with van der Waals surface area (Å²) in [5.41, 5.74) is 2.87. The molecule has 6 heteroatoms. The van der Waals surface area contributed by atoms with Crippen LogP contribution in [0.25, 0.3) is 6.08 Å². The Morgan fingerprint density at radius 2 is 1.59 bits per heavy atom. The monoisotopic (exact) mass is 547 g/mol. The second kappa shape index (κ2) is 10.4. The molecule has 210 valence electrons. The van der Waals surface area contributed by atoms with E-state index >= 15 is 9.59 Å². The first kappa shape index (κ1) is 26.3. The van der Waals surface area contributed by atoms with E-state index in [4.69, 9.17) is 4.74 Å². The number of fused-ring (bicyclic) bond motifs is 3. The van der Waals surface area contributed by atoms with Crippen molar-refractivity contribution >= 4 is 23.5 Å². The molecule has 41 heavy (non-hydrogen) atoms. The molecule has 3 atom stereocenters. The average molecular weight is 548 g/mol. The summed E-state index contributed by atoms with van der Waals surface area (Å²) in [5, 5.41) is 0. The Kier molecular flexibility index (Phi) is 6.65. The molecule has 2 spiro atoms. The van der Waals surface area contributed by atoms with E-state index in [0.29, 0.717) is 32.8 Å². The lowest BCUT2D eigenvalue weighted by atomic mass is 9.53. The maximum Gasteiger partial charge on any atom is 0.254 e. The molecule has 0 bridgehead atoms. The number of likely N-dealkylation sites (tertiary alicyclic amines) is 1. The second-order valence-corrected chi connectivity index (χ2v) is 11.9. The zero-order valence-electron chi connectivity index (χ0n) is 23.7. The Hall–Kier alpha value is -3.58. The van der Waals surface area contributed by atoms with Crippen LogP contribution in [0, 0.1) is 5.41 Å². The predicted octanol–water partition coefficient (Wildman–Crippen LogP) is 5.07. The van der Waals surface area contributed by atoms with Crippen LogP contribution < -0.4 is 4.90 Å². The van der Waals surface area contributed by atoms with E-state index in [0.717, 1.165) is 53.9 Å². The zero-order valence-corrected chi connectivity index (χ0v) is 23.7. The van der Waals surface area contributed by atoms with Crippen LogP contribution >= 0.6 is 0 Å². The highest BCUT2D eigenvalue weighted by Crippen LogP contribution is 2.67. The minimum atomic E-state index is -1.08. The molecule has 1 saturated carbocycles. The van der Waals surface area contributed by atoms with Crippen molar-refractivity contribution in [3.8, 4) is 0 Å². The van der Waals surface area contributed by atoms with Crippen molar-refractivity contribution < 1.29 is 14.3 Å². The number of carbonyl (C=O) groups is 2. The van der Waals surface area contributed by atoms with Crippen molar-refractivity contribution in [1.29, 1.82) is 0 Å². The number of Topliss-reactive ketones (excluding diaryl/α,β-unsaturated/α-hetero) is 1. The van der Waals surface area contributed by atoms with Gasteiger partial charge in [0.1, 0.15) is 5.54 Å². The Balaban J connectivity index is 1.43. The third-order valence-corrected chi connectivity index (χ3v) is 9.91. The number of anilines is 1. The predicted molar refractivity (Wildman–Crippen MR) is 160 cm³/mol. The number of ketones is 1. The molecule has 0 unspecified atom stereocenters. The Bertz CT molecular complexity index is 1480. The van der Waals surface area contributed by atoms with Crippen LogP contribution in [0.3, 0.4) is 0 Å². The van der Waals surface area contributed by atoms with Gasteiger partial charge in [-0.3, -0.25) is 24.3 Å². The van der Waals surface area contributed by atoms with Gasteiger partial charge in [-0.1, -0.05) is 78.9 Å². The van der Waals surface area contributed by atoms with Gasteiger partial charge in [0.25, 0.3) is 5.91 Å². The molecular weight excluding hydrogens is 510 g/mol. The number of carbonyl (C=O) groups excluding carboxylic acids is 2. The van der Waals surface area contributed by atoms with Crippen molar-refractivity contribution in [1.82, 2.24) is 9.80 Å². The van der Waals surface area contributed by atoms with Gasteiger partial charge in [-0.05, 0) is 55.2 Å². The molecule has 7 rings (SSSR count). The van der Waals surface area contributed by atoms with E-state index < -0.39 is 11.0 Å². The van der Waals surface area contributed by atoms with Crippen LogP contribution in [0.4, 0.5) is 5.69 Å². The van der Waals surface area contributed by atoms with Gasteiger partial charge in [-0.25, -0.2) is 0 Å². The lowest BCUT2D eigenvalue weighted by molar-refractivity contribution is -0.146. The summed E-state index contributed by atoms with van der Waals surface area (Å²) in [4.78, 5) is 36.8. The Labute approximate surface area is 242 Å². The van der Waals surface area contributed by atoms with Crippen molar-refractivity contribution in [2.75, 3.05) is 51.5 Å². The lowest BCUT2D eigenvalue weighted by Gasteiger charge is -2.49. The summed E-state index contributed by atoms with van der Waals surface area (Å²) in [6.07, 6.45) is 4.33. The number of rotatable bonds is 4. The van der Waals surface area contributed by atoms with Gasteiger partial charge < -0.3 is 4.74 Å². The van der Waals surface area contributed by atoms with Crippen molar-refractivity contribution in [2.24, 2.45) is 5.41 Å². The van der Waals surface area contributed by atoms with Gasteiger partial charge in [0, 0.05) is 31.1 Å². The summed E-state index contributed by atoms with van der Waals surface area (Å²) < 4.78 is 5.59. The molecule has 1 aliphatic carbocycles. The third kappa shape index (κ3) is 3.88. The summed E-state index contributed by atoms with van der Waals surface area (Å²) in [5.74, 6) is 0.0450. The highest BCUT2D eigenvalue weighted by Gasteiger charge is 2.75. The molecule has 0 N–H and O–H groups in total. The third-order valence-electron chi connectivity index (χ3n) is 9.91. The molecule has 3 fully saturated rings. The number of para-hydroxylation sites is 1. The molecule has 3 aromatic carbocycles. The maximum atomic E-state index is 15.2. The number of allylic oxidation sites excluding steroid dienone is 1. The largest absolute Gasteiger partial charge is 0.379 e. The number of amides is 1. The molecule has 2 saturated heterocycles. The van der Waals surface area contributed by atoms with E-state index in [1.54, 1.807) is 0 Å². The zero-order chi connectivity index (χ0) is 28.0. The molecule has 3 aromatic rings. The number of ether oxygens (including phenoxy) is 1. The number of nitrogens with zero attached hydrogens (tertiary/aromatic N) is 3. The maximum absolute atomic E-state index is 15.2. The minimum Gasteiger partial charge on any atom is -0.379 e. The van der Waals surface area contributed by atoms with Crippen LogP contribution in [0.5, 0.6) is 0 Å². The molecule has 6 nitrogen and oxygen atoms in total. The Morgan fingerprint density at radius 3 is 2.34 bits per heavy atom. The summed E-state index contributed by atoms with van der Waals surface area (Å²) in [6.45, 7) is 4.05. The van der Waals surface area contributed by atoms with E-state index in [2.05, 4.69) is 59.3 Å². The van der Waals surface area contributed by atoms with Gasteiger partial charge in [0.15, 0.2) is 5.78 Å². The van der Waals surface area contributed by atoms with Crippen LogP contribution in [0.1, 0.15) is 41.9 Å². The highest BCUT2D eigenvalue weighted by molar-refractivity contribution is 6.16. The quantitative estimate of drug-likeness (QED) is 0.427. The van der Waals surface area contributed by atoms with E-state index in [1.807, 2.05) is 53.4 Å². The van der Waals surface area contributed by atoms with Crippen LogP contribution in [-0.2, 0) is 19.9 Å². The normalized spacial score (nSPS) is 29.6. The van der Waals surface area contributed by atoms with Crippen molar-refractivity contribution in [2.45, 2.75) is 30.7 Å². The molecule has 3 heterocycles. The van der Waals surface area contributed by atoms with Crippen LogP contribution in [-0.4, -0.2) is 68.1 Å². The number of hydrogen-bond donors (Lipinski definition) is 0. The fourth-order valence-electron chi connectivity index (χ4n) is 8.19. The van der Waals surface area contributed by atoms with Gasteiger partial charge >= 0.3 is 0 Å². The van der Waals surface area contributed by atoms with E-state index in [1.165, 1.54) is 0 Å². The number of morpholine rings is 1. The van der Waals surface area contributed by atoms with Gasteiger partial charge in [0.05, 0.1) is 31.0 Å². The van der Waals surface area contributed by atoms with Crippen molar-refractivity contribution in [3.05, 3.63) is 107 Å². The molecule has 4 aliphatic rings. The lowest BCUT2D eigenvalue weighted by Crippen LogP contribution is -2.62. The molecule has 3 aliphatic heterocycles. The Morgan fingerprint density at radius 1 is 0.902 bits per heavy atom. The standard InChI is InChI=1S/C35H37N3O3/c1-36-24-30(27-13-6-3-7-14-27)34(18-10-15-28(32(34)39)23-26-11-4-2-5-12-26)35(36)29-16-8-9-17-31(29)38(33(35)40)25-37-19-21-41-22-20-37/h2-9,11-14,16-17,23,30H,10,15,18-22,24-25H2,1H3/b28-23+/t30-,34+,35+/m0/s1. The SMILES string of the molecule is CN1C[C@@H](c2ccccc2)[C@@]2(CCC/C(=C\c3ccccc3)C2=O)[C@@]12C(=O)N(CN1CCOCC1)c1ccccc12. The van der Waals surface area contributed by atoms with Crippen molar-refractivity contribution in [3.63, 3.8) is 0 Å². The van der Waals surface area contributed by atoms with Crippen LogP contribution in [0.2, 0.25) is 0 Å². The number of hydrogen-bond acceptors (Lipinski definition) is 5. The first-order chi connectivity index (χ1) is 20.1. The van der Waals surface area contributed by atoms with E-state index in [9.17, 15) is 0 Å². The first-order valence-electron chi connectivity index (χ1n) is 14.9. The molecule has 0 radical (unpaired) electrons. The first-order valence-corrected chi connectivity index (χ1v) is 14.9. The number of likely N-dealkylation sites (N-methyl/N-ethyl adjacent to an activating group) is 1. The minimum absolute atomic E-state index is 0.0282. The molecular formula is C35H37N3O3. The van der Waals surface area contributed by atoms with E-state index in [-0.39, 0.29) is 17.6 Å². The van der Waals surface area contributed by atoms with Crippen LogP contribution in [0.15, 0.2) is 90.5 Å². The summed E-state index contributed by atoms with van der Waals surface area (Å²) >= 11 is 0. The van der Waals surface area contributed by atoms with Gasteiger partial charge in [0.2, 0.25) is 0 Å². The summed E-state index contributed by atoms with van der Waals surface area (Å²) in [7, 11) is 2.06. The fourth-order valence-corrected chi connectivity index (χ4v) is 8.19. The number of benzene rings is 3. The van der Waals surface area contributed by atoms with Gasteiger partial charge in [-0.2, -0.15) is 0 Å². The molecule has 0 aromatic heterocycles. The topological polar surface area (TPSA) is 53.1 Å². The molecule has 1 amide bonds. The average Bonchev–Trinajstić information content (AvgIpc) is 3.42. The fraction of sp³-hybridized carbons (Fsp3) is 0.371. The van der Waals surface area contributed by atoms with Gasteiger partial charge in [-0.15, -0.1) is 0 Å². The highest BCUT2D eigenvalue weighted by atomic mass is 16.5. The smallest absolute Gasteiger partial charge is 0.254 e.